The Labute approximate surface area is 154 Å². The van der Waals surface area contributed by atoms with E-state index in [0.29, 0.717) is 18.9 Å². The van der Waals surface area contributed by atoms with Crippen molar-refractivity contribution in [3.63, 3.8) is 0 Å². The molecule has 0 N–H and O–H groups in total. The molecule has 0 aromatic carbocycles. The third-order valence-electron chi connectivity index (χ3n) is 4.27. The van der Waals surface area contributed by atoms with E-state index in [1.165, 1.54) is 13.3 Å². The molecule has 0 radical (unpaired) electrons. The molecule has 1 aromatic heterocycles. The van der Waals surface area contributed by atoms with Gasteiger partial charge < -0.3 is 19.3 Å². The van der Waals surface area contributed by atoms with Crippen molar-refractivity contribution in [2.75, 3.05) is 25.1 Å². The first-order valence-corrected chi connectivity index (χ1v) is 8.83. The molecule has 0 bridgehead atoms. The van der Waals surface area contributed by atoms with Crippen LogP contribution < -0.4 is 4.90 Å². The van der Waals surface area contributed by atoms with Crippen LogP contribution in [0.5, 0.6) is 0 Å². The van der Waals surface area contributed by atoms with Crippen molar-refractivity contribution in [3.05, 3.63) is 18.1 Å². The van der Waals surface area contributed by atoms with Crippen molar-refractivity contribution in [1.29, 1.82) is 0 Å². The first kappa shape index (κ1) is 19.9. The van der Waals surface area contributed by atoms with E-state index in [2.05, 4.69) is 19.6 Å². The zero-order valence-electron chi connectivity index (χ0n) is 16.4. The Balaban J connectivity index is 2.14. The molecular weight excluding hydrogens is 336 g/mol. The molecule has 144 valence electrons. The lowest BCUT2D eigenvalue weighted by Crippen LogP contribution is -2.59. The minimum Gasteiger partial charge on any atom is -0.464 e. The maximum absolute atomic E-state index is 12.5. The van der Waals surface area contributed by atoms with Crippen molar-refractivity contribution in [1.82, 2.24) is 14.9 Å². The van der Waals surface area contributed by atoms with Crippen LogP contribution in [-0.2, 0) is 9.47 Å². The summed E-state index contributed by atoms with van der Waals surface area (Å²) in [6.45, 7) is 10.8. The number of hydrogen-bond acceptors (Lipinski definition) is 7. The molecule has 0 unspecified atom stereocenters. The molecule has 0 saturated carbocycles. The SMILES string of the molecule is CC[C@H]1CN(c2cnc(C(=O)OC)cn2)[C@H](C)CN1C(=O)OC(C)(C)C. The van der Waals surface area contributed by atoms with Gasteiger partial charge in [0.2, 0.25) is 0 Å². The fourth-order valence-electron chi connectivity index (χ4n) is 2.93. The third kappa shape index (κ3) is 4.62. The van der Waals surface area contributed by atoms with E-state index in [-0.39, 0.29) is 23.9 Å². The average Bonchev–Trinajstić information content (AvgIpc) is 2.59. The van der Waals surface area contributed by atoms with E-state index in [4.69, 9.17) is 4.74 Å². The van der Waals surface area contributed by atoms with E-state index >= 15 is 0 Å². The summed E-state index contributed by atoms with van der Waals surface area (Å²) in [5.41, 5.74) is -0.353. The van der Waals surface area contributed by atoms with E-state index in [1.807, 2.05) is 34.6 Å². The average molecular weight is 364 g/mol. The number of ether oxygens (including phenoxy) is 2. The molecule has 2 heterocycles. The van der Waals surface area contributed by atoms with Crippen LogP contribution in [0.2, 0.25) is 0 Å². The van der Waals surface area contributed by atoms with Gasteiger partial charge in [-0.25, -0.2) is 19.6 Å². The number of carbonyl (C=O) groups is 2. The summed E-state index contributed by atoms with van der Waals surface area (Å²) in [7, 11) is 1.31. The van der Waals surface area contributed by atoms with Gasteiger partial charge in [-0.05, 0) is 34.1 Å². The van der Waals surface area contributed by atoms with Gasteiger partial charge in [-0.1, -0.05) is 6.92 Å². The Bertz CT molecular complexity index is 642. The standard InChI is InChI=1S/C18H28N4O4/c1-7-13-11-21(15-9-19-14(8-20-15)16(23)25-6)12(2)10-22(13)17(24)26-18(3,4)5/h8-9,12-13H,7,10-11H2,1-6H3/t12-,13+/m1/s1. The predicted octanol–water partition coefficient (Wildman–Crippen LogP) is 2.49. The van der Waals surface area contributed by atoms with Crippen molar-refractivity contribution in [2.24, 2.45) is 0 Å². The van der Waals surface area contributed by atoms with Crippen LogP contribution in [-0.4, -0.2) is 64.8 Å². The number of anilines is 1. The molecule has 26 heavy (non-hydrogen) atoms. The van der Waals surface area contributed by atoms with Gasteiger partial charge in [0, 0.05) is 19.1 Å². The number of hydrogen-bond donors (Lipinski definition) is 0. The number of rotatable bonds is 3. The smallest absolute Gasteiger partial charge is 0.410 e. The minimum atomic E-state index is -0.523. The highest BCUT2D eigenvalue weighted by atomic mass is 16.6. The highest BCUT2D eigenvalue weighted by molar-refractivity contribution is 5.86. The summed E-state index contributed by atoms with van der Waals surface area (Å²) < 4.78 is 10.2. The summed E-state index contributed by atoms with van der Waals surface area (Å²) in [4.78, 5) is 36.4. The number of carbonyl (C=O) groups excluding carboxylic acids is 2. The van der Waals surface area contributed by atoms with Crippen LogP contribution in [0.25, 0.3) is 0 Å². The van der Waals surface area contributed by atoms with Crippen LogP contribution in [0, 0.1) is 0 Å². The fourth-order valence-corrected chi connectivity index (χ4v) is 2.93. The summed E-state index contributed by atoms with van der Waals surface area (Å²) >= 11 is 0. The summed E-state index contributed by atoms with van der Waals surface area (Å²) in [5.74, 6) is 0.158. The Kier molecular flexibility index (Phi) is 6.05. The molecule has 8 nitrogen and oxygen atoms in total. The van der Waals surface area contributed by atoms with Gasteiger partial charge in [0.15, 0.2) is 5.69 Å². The second kappa shape index (κ2) is 7.88. The Morgan fingerprint density at radius 2 is 1.92 bits per heavy atom. The zero-order valence-corrected chi connectivity index (χ0v) is 16.4. The van der Waals surface area contributed by atoms with Gasteiger partial charge in [0.1, 0.15) is 11.4 Å². The number of piperazine rings is 1. The largest absolute Gasteiger partial charge is 0.464 e. The predicted molar refractivity (Wildman–Crippen MR) is 97.2 cm³/mol. The Morgan fingerprint density at radius 3 is 2.42 bits per heavy atom. The summed E-state index contributed by atoms with van der Waals surface area (Å²) in [6, 6.07) is 0.0618. The number of methoxy groups -OCH3 is 1. The molecule has 1 amide bonds. The summed E-state index contributed by atoms with van der Waals surface area (Å²) in [6.07, 6.45) is 3.49. The monoisotopic (exact) mass is 364 g/mol. The van der Waals surface area contributed by atoms with Crippen LogP contribution in [0.15, 0.2) is 12.4 Å². The molecule has 1 aromatic rings. The van der Waals surface area contributed by atoms with Gasteiger partial charge in [0.25, 0.3) is 0 Å². The highest BCUT2D eigenvalue weighted by Gasteiger charge is 2.36. The Hall–Kier alpha value is -2.38. The van der Waals surface area contributed by atoms with Crippen molar-refractivity contribution >= 4 is 17.9 Å². The normalized spacial score (nSPS) is 20.7. The van der Waals surface area contributed by atoms with Gasteiger partial charge in [-0.15, -0.1) is 0 Å². The van der Waals surface area contributed by atoms with Crippen LogP contribution in [0.4, 0.5) is 10.6 Å². The molecule has 2 rings (SSSR count). The van der Waals surface area contributed by atoms with E-state index < -0.39 is 11.6 Å². The molecule has 8 heteroatoms. The lowest BCUT2D eigenvalue weighted by Gasteiger charge is -2.45. The van der Waals surface area contributed by atoms with Gasteiger partial charge >= 0.3 is 12.1 Å². The highest BCUT2D eigenvalue weighted by Crippen LogP contribution is 2.24. The van der Waals surface area contributed by atoms with Crippen molar-refractivity contribution in [2.45, 2.75) is 58.7 Å². The molecule has 2 atom stereocenters. The second-order valence-electron chi connectivity index (χ2n) is 7.45. The molecule has 1 saturated heterocycles. The second-order valence-corrected chi connectivity index (χ2v) is 7.45. The molecule has 1 fully saturated rings. The lowest BCUT2D eigenvalue weighted by molar-refractivity contribution is 0.0105. The minimum absolute atomic E-state index is 0.0168. The fraction of sp³-hybridized carbons (Fsp3) is 0.667. The van der Waals surface area contributed by atoms with Crippen LogP contribution in [0.3, 0.4) is 0 Å². The zero-order chi connectivity index (χ0) is 19.5. The lowest BCUT2D eigenvalue weighted by atomic mass is 10.1. The molecule has 0 aliphatic carbocycles. The van der Waals surface area contributed by atoms with Gasteiger partial charge in [-0.2, -0.15) is 0 Å². The molecular formula is C18H28N4O4. The van der Waals surface area contributed by atoms with Crippen LogP contribution >= 0.6 is 0 Å². The van der Waals surface area contributed by atoms with E-state index in [1.54, 1.807) is 11.1 Å². The topological polar surface area (TPSA) is 84.9 Å². The molecule has 1 aliphatic heterocycles. The summed E-state index contributed by atoms with van der Waals surface area (Å²) in [5, 5.41) is 0. The third-order valence-corrected chi connectivity index (χ3v) is 4.27. The first-order chi connectivity index (χ1) is 12.2. The van der Waals surface area contributed by atoms with E-state index in [9.17, 15) is 9.59 Å². The van der Waals surface area contributed by atoms with Gasteiger partial charge in [-0.3, -0.25) is 0 Å². The molecule has 0 spiro atoms. The quantitative estimate of drug-likeness (QED) is 0.762. The van der Waals surface area contributed by atoms with Crippen molar-refractivity contribution in [3.8, 4) is 0 Å². The Morgan fingerprint density at radius 1 is 1.23 bits per heavy atom. The van der Waals surface area contributed by atoms with Crippen molar-refractivity contribution < 1.29 is 19.1 Å². The maximum atomic E-state index is 12.5. The number of aromatic nitrogens is 2. The number of amides is 1. The van der Waals surface area contributed by atoms with Crippen LogP contribution in [0.1, 0.15) is 51.5 Å². The number of nitrogens with zero attached hydrogens (tertiary/aromatic N) is 4. The maximum Gasteiger partial charge on any atom is 0.410 e. The van der Waals surface area contributed by atoms with Gasteiger partial charge in [0.05, 0.1) is 25.5 Å². The van der Waals surface area contributed by atoms with E-state index in [0.717, 1.165) is 6.42 Å². The number of esters is 1. The first-order valence-electron chi connectivity index (χ1n) is 8.83. The molecule has 1 aliphatic rings.